The summed E-state index contributed by atoms with van der Waals surface area (Å²) in [6.45, 7) is 0.682. The molecule has 2 heterocycles. The number of carbonyl (C=O) groups is 1. The normalized spacial score (nSPS) is 19.1. The van der Waals surface area contributed by atoms with Crippen LogP contribution in [-0.2, 0) is 17.1 Å². The van der Waals surface area contributed by atoms with Crippen LogP contribution in [0.1, 0.15) is 21.6 Å². The van der Waals surface area contributed by atoms with E-state index in [1.54, 1.807) is 17.7 Å². The number of nitrogens with zero attached hydrogens (tertiary/aromatic N) is 2. The number of carbonyl (C=O) groups excluding carboxylic acids is 1. The van der Waals surface area contributed by atoms with E-state index in [0.29, 0.717) is 11.1 Å². The lowest BCUT2D eigenvalue weighted by molar-refractivity contribution is -0.245. The van der Waals surface area contributed by atoms with Gasteiger partial charge in [-0.2, -0.15) is 18.4 Å². The lowest BCUT2D eigenvalue weighted by Gasteiger charge is -2.32. The van der Waals surface area contributed by atoms with Gasteiger partial charge in [-0.25, -0.2) is 13.1 Å². The molecule has 1 aliphatic heterocycles. The number of amides is 1. The molecule has 0 saturated heterocycles. The standard InChI is InChI=1S/C20H17F3N4O5S/c1-4-19(29,20(21,22)23)15-10-32-17-14(33(30,31)26-15)9-27(3)16(17)18(28)25-13-6-5-11(2)12(7-13)8-24/h1,5-7,9,15,26,29H,10H2,2-3H3,(H,25,28)/t15-,19-/m0/s1. The average molecular weight is 482 g/mol. The van der Waals surface area contributed by atoms with Crippen molar-refractivity contribution in [3.8, 4) is 24.2 Å². The zero-order chi connectivity index (χ0) is 24.8. The number of anilines is 1. The smallest absolute Gasteiger partial charge is 0.430 e. The number of sulfonamides is 1. The number of nitriles is 1. The van der Waals surface area contributed by atoms with E-state index in [4.69, 9.17) is 16.4 Å². The van der Waals surface area contributed by atoms with Crippen molar-refractivity contribution in [1.82, 2.24) is 9.29 Å². The fraction of sp³-hybridized carbons (Fsp3) is 0.300. The number of aromatic nitrogens is 1. The zero-order valence-electron chi connectivity index (χ0n) is 17.2. The second-order valence-corrected chi connectivity index (χ2v) is 8.95. The molecule has 0 aliphatic carbocycles. The van der Waals surface area contributed by atoms with Gasteiger partial charge in [0.15, 0.2) is 11.4 Å². The number of fused-ring (bicyclic) bond motifs is 1. The number of benzene rings is 1. The monoisotopic (exact) mass is 482 g/mol. The number of rotatable bonds is 3. The molecule has 0 unspecified atom stereocenters. The van der Waals surface area contributed by atoms with Gasteiger partial charge in [-0.15, -0.1) is 6.42 Å². The minimum absolute atomic E-state index is 0.225. The van der Waals surface area contributed by atoms with Crippen LogP contribution in [0.25, 0.3) is 0 Å². The fourth-order valence-corrected chi connectivity index (χ4v) is 4.65. The van der Waals surface area contributed by atoms with Crippen molar-refractivity contribution >= 4 is 21.6 Å². The molecule has 1 aliphatic rings. The molecule has 174 valence electrons. The van der Waals surface area contributed by atoms with E-state index >= 15 is 0 Å². The molecule has 0 saturated carbocycles. The molecule has 1 aromatic heterocycles. The Morgan fingerprint density at radius 3 is 2.67 bits per heavy atom. The van der Waals surface area contributed by atoms with Crippen LogP contribution in [0.4, 0.5) is 18.9 Å². The third kappa shape index (κ3) is 4.14. The van der Waals surface area contributed by atoms with Crippen molar-refractivity contribution in [1.29, 1.82) is 5.26 Å². The van der Waals surface area contributed by atoms with Crippen molar-refractivity contribution < 1.29 is 36.2 Å². The first-order valence-corrected chi connectivity index (χ1v) is 10.7. The van der Waals surface area contributed by atoms with Gasteiger partial charge in [-0.1, -0.05) is 12.0 Å². The number of hydrogen-bond donors (Lipinski definition) is 3. The van der Waals surface area contributed by atoms with Gasteiger partial charge in [0, 0.05) is 18.9 Å². The minimum atomic E-state index is -5.37. The fourth-order valence-electron chi connectivity index (χ4n) is 3.22. The van der Waals surface area contributed by atoms with Crippen molar-refractivity contribution in [2.75, 3.05) is 11.9 Å². The maximum Gasteiger partial charge on any atom is 0.430 e. The Balaban J connectivity index is 2.01. The summed E-state index contributed by atoms with van der Waals surface area (Å²) >= 11 is 0. The van der Waals surface area contributed by atoms with Crippen LogP contribution < -0.4 is 14.8 Å². The molecule has 1 amide bonds. The Morgan fingerprint density at radius 1 is 1.42 bits per heavy atom. The minimum Gasteiger partial charge on any atom is -0.488 e. The van der Waals surface area contributed by atoms with Crippen LogP contribution in [0.3, 0.4) is 0 Å². The van der Waals surface area contributed by atoms with Gasteiger partial charge in [-0.3, -0.25) is 4.79 Å². The Morgan fingerprint density at radius 2 is 2.09 bits per heavy atom. The molecule has 0 bridgehead atoms. The summed E-state index contributed by atoms with van der Waals surface area (Å²) in [5, 5.41) is 21.6. The van der Waals surface area contributed by atoms with Gasteiger partial charge in [0.05, 0.1) is 11.6 Å². The van der Waals surface area contributed by atoms with Gasteiger partial charge in [0.2, 0.25) is 15.6 Å². The molecule has 9 nitrogen and oxygen atoms in total. The molecule has 0 fully saturated rings. The second kappa shape index (κ2) is 8.12. The van der Waals surface area contributed by atoms with Crippen molar-refractivity contribution in [2.24, 2.45) is 7.05 Å². The number of ether oxygens (including phenoxy) is 1. The van der Waals surface area contributed by atoms with Crippen LogP contribution in [0, 0.1) is 30.6 Å². The predicted molar refractivity (Wildman–Crippen MR) is 109 cm³/mol. The van der Waals surface area contributed by atoms with E-state index in [0.717, 1.165) is 10.8 Å². The number of hydrogen-bond acceptors (Lipinski definition) is 6. The predicted octanol–water partition coefficient (Wildman–Crippen LogP) is 1.42. The number of nitrogens with one attached hydrogen (secondary N) is 2. The van der Waals surface area contributed by atoms with Gasteiger partial charge in [0.25, 0.3) is 5.91 Å². The maximum atomic E-state index is 13.4. The Labute approximate surface area is 186 Å². The Bertz CT molecular complexity index is 1320. The summed E-state index contributed by atoms with van der Waals surface area (Å²) in [7, 11) is -3.34. The first kappa shape index (κ1) is 24.1. The van der Waals surface area contributed by atoms with Crippen LogP contribution in [0.15, 0.2) is 29.3 Å². The highest BCUT2D eigenvalue weighted by Gasteiger charge is 2.60. The first-order valence-electron chi connectivity index (χ1n) is 9.18. The van der Waals surface area contributed by atoms with Crippen LogP contribution in [0.2, 0.25) is 0 Å². The second-order valence-electron chi connectivity index (χ2n) is 7.27. The highest BCUT2D eigenvalue weighted by atomic mass is 32.2. The molecule has 1 aromatic carbocycles. The van der Waals surface area contributed by atoms with E-state index in [1.165, 1.54) is 25.1 Å². The van der Waals surface area contributed by atoms with Crippen molar-refractivity contribution in [3.63, 3.8) is 0 Å². The number of aryl methyl sites for hydroxylation is 2. The Hall–Kier alpha value is -3.52. The van der Waals surface area contributed by atoms with Crippen LogP contribution in [-0.4, -0.2) is 48.4 Å². The van der Waals surface area contributed by atoms with Crippen molar-refractivity contribution in [2.45, 2.75) is 29.6 Å². The van der Waals surface area contributed by atoms with Gasteiger partial charge >= 0.3 is 6.18 Å². The third-order valence-corrected chi connectivity index (χ3v) is 6.54. The zero-order valence-corrected chi connectivity index (χ0v) is 18.0. The highest BCUT2D eigenvalue weighted by molar-refractivity contribution is 7.89. The summed E-state index contributed by atoms with van der Waals surface area (Å²) < 4.78 is 73.7. The molecule has 13 heteroatoms. The van der Waals surface area contributed by atoms with E-state index < -0.39 is 51.0 Å². The molecule has 0 radical (unpaired) electrons. The van der Waals surface area contributed by atoms with E-state index in [-0.39, 0.29) is 11.4 Å². The van der Waals surface area contributed by atoms with Gasteiger partial charge < -0.3 is 19.7 Å². The number of halogens is 3. The lowest BCUT2D eigenvalue weighted by Crippen LogP contribution is -2.61. The molecule has 3 rings (SSSR count). The summed E-state index contributed by atoms with van der Waals surface area (Å²) in [6, 6.07) is 4.19. The molecule has 33 heavy (non-hydrogen) atoms. The quantitative estimate of drug-likeness (QED) is 0.567. The number of terminal acetylenes is 1. The SMILES string of the molecule is C#C[C@](O)([C@@H]1COc2c(cn(C)c2C(=O)Nc2ccc(C)c(C#N)c2)S(=O)(=O)N1)C(F)(F)F. The maximum absolute atomic E-state index is 13.4. The molecule has 2 aromatic rings. The Kier molecular flexibility index (Phi) is 5.93. The van der Waals surface area contributed by atoms with Gasteiger partial charge in [0.1, 0.15) is 17.5 Å². The average Bonchev–Trinajstić information content (AvgIpc) is 3.01. The molecule has 3 N–H and O–H groups in total. The summed E-state index contributed by atoms with van der Waals surface area (Å²) in [4.78, 5) is 12.3. The third-order valence-electron chi connectivity index (χ3n) is 5.07. The first-order chi connectivity index (χ1) is 15.2. The molecule has 2 atom stereocenters. The molecular formula is C20H17F3N4O5S. The number of alkyl halides is 3. The highest BCUT2D eigenvalue weighted by Crippen LogP contribution is 2.38. The summed E-state index contributed by atoms with van der Waals surface area (Å²) in [6.07, 6.45) is 0.471. The van der Waals surface area contributed by atoms with Crippen LogP contribution in [0.5, 0.6) is 5.75 Å². The largest absolute Gasteiger partial charge is 0.488 e. The number of aliphatic hydroxyl groups is 1. The van der Waals surface area contributed by atoms with Crippen molar-refractivity contribution in [3.05, 3.63) is 41.2 Å². The lowest BCUT2D eigenvalue weighted by atomic mass is 9.95. The topological polar surface area (TPSA) is 133 Å². The van der Waals surface area contributed by atoms with E-state index in [9.17, 15) is 31.5 Å². The van der Waals surface area contributed by atoms with Crippen LogP contribution >= 0.6 is 0 Å². The summed E-state index contributed by atoms with van der Waals surface area (Å²) in [5.74, 6) is -0.177. The van der Waals surface area contributed by atoms with E-state index in [1.807, 2.05) is 6.07 Å². The van der Waals surface area contributed by atoms with E-state index in [2.05, 4.69) is 5.32 Å². The molecular weight excluding hydrogens is 465 g/mol. The van der Waals surface area contributed by atoms with Gasteiger partial charge in [-0.05, 0) is 24.6 Å². The summed E-state index contributed by atoms with van der Waals surface area (Å²) in [5.41, 5.74) is -2.98. The molecule has 0 spiro atoms.